The molecule has 0 fully saturated rings. The molecule has 0 aliphatic heterocycles. The van der Waals surface area contributed by atoms with Crippen LogP contribution in [0.3, 0.4) is 0 Å². The number of aromatic nitrogens is 1. The number of nitrogens with one attached hydrogen (secondary N) is 1. The summed E-state index contributed by atoms with van der Waals surface area (Å²) in [4.78, 5) is 16.5. The largest absolute Gasteiger partial charge is 0.321 e. The Morgan fingerprint density at radius 1 is 1.29 bits per heavy atom. The van der Waals surface area contributed by atoms with Gasteiger partial charge in [0.15, 0.2) is 0 Å². The van der Waals surface area contributed by atoms with E-state index in [1.165, 1.54) is 0 Å². The number of nitrogens with zero attached hydrogens (tertiary/aromatic N) is 1. The number of pyridine rings is 1. The zero-order valence-electron chi connectivity index (χ0n) is 11.3. The fourth-order valence-corrected chi connectivity index (χ4v) is 2.98. The molecule has 2 aromatic rings. The third-order valence-corrected chi connectivity index (χ3v) is 3.97. The van der Waals surface area contributed by atoms with Gasteiger partial charge in [-0.15, -0.1) is 0 Å². The van der Waals surface area contributed by atoms with Crippen LogP contribution in [0, 0.1) is 3.57 Å². The van der Waals surface area contributed by atoms with Crippen molar-refractivity contribution in [3.63, 3.8) is 0 Å². The molecule has 0 bridgehead atoms. The Balaban J connectivity index is 2.23. The van der Waals surface area contributed by atoms with Gasteiger partial charge >= 0.3 is 0 Å². The monoisotopic (exact) mass is 434 g/mol. The number of amides is 1. The molecule has 0 spiro atoms. The molecule has 0 atom stereocenters. The van der Waals surface area contributed by atoms with E-state index in [0.29, 0.717) is 21.4 Å². The number of hydrogen-bond donors (Lipinski definition) is 1. The van der Waals surface area contributed by atoms with Gasteiger partial charge in [0, 0.05) is 14.8 Å². The van der Waals surface area contributed by atoms with E-state index in [9.17, 15) is 4.79 Å². The van der Waals surface area contributed by atoms with Gasteiger partial charge in [-0.25, -0.2) is 4.98 Å². The number of carbonyl (C=O) groups is 1. The number of rotatable bonds is 4. The summed E-state index contributed by atoms with van der Waals surface area (Å²) < 4.78 is 1.01. The van der Waals surface area contributed by atoms with Gasteiger partial charge in [-0.3, -0.25) is 4.79 Å². The molecule has 0 radical (unpaired) electrons. The predicted molar refractivity (Wildman–Crippen MR) is 95.4 cm³/mol. The molecular formula is C15H13Cl2IN2O. The molecule has 0 saturated carbocycles. The van der Waals surface area contributed by atoms with E-state index in [1.54, 1.807) is 24.3 Å². The molecule has 0 aliphatic carbocycles. The summed E-state index contributed by atoms with van der Waals surface area (Å²) in [5, 5.41) is 3.61. The minimum Gasteiger partial charge on any atom is -0.321 e. The first-order valence-electron chi connectivity index (χ1n) is 6.42. The van der Waals surface area contributed by atoms with E-state index < -0.39 is 0 Å². The molecule has 0 aliphatic rings. The van der Waals surface area contributed by atoms with Crippen molar-refractivity contribution in [1.29, 1.82) is 0 Å². The van der Waals surface area contributed by atoms with E-state index in [1.807, 2.05) is 13.0 Å². The average molecular weight is 435 g/mol. The fraction of sp³-hybridized carbons (Fsp3) is 0.200. The Bertz CT molecular complexity index is 677. The summed E-state index contributed by atoms with van der Waals surface area (Å²) in [5.74, 6) is -0.250. The standard InChI is InChI=1S/C15H13Cl2IN2O/c1-2-3-11-6-9(7-14(17)19-11)15(21)20-13-5-4-10(18)8-12(13)16/h4-8H,2-3H2,1H3,(H,20,21). The predicted octanol–water partition coefficient (Wildman–Crippen LogP) is 5.20. The molecule has 1 amide bonds. The summed E-state index contributed by atoms with van der Waals surface area (Å²) in [7, 11) is 0. The van der Waals surface area contributed by atoms with Gasteiger partial charge in [-0.1, -0.05) is 36.5 Å². The van der Waals surface area contributed by atoms with Crippen LogP contribution >= 0.6 is 45.8 Å². The molecule has 2 rings (SSSR count). The van der Waals surface area contributed by atoms with Crippen molar-refractivity contribution in [1.82, 2.24) is 4.98 Å². The zero-order valence-corrected chi connectivity index (χ0v) is 15.0. The van der Waals surface area contributed by atoms with Crippen LogP contribution in [0.5, 0.6) is 0 Å². The van der Waals surface area contributed by atoms with Crippen LogP contribution in [-0.2, 0) is 6.42 Å². The highest BCUT2D eigenvalue weighted by Gasteiger charge is 2.11. The second-order valence-electron chi connectivity index (χ2n) is 4.50. The summed E-state index contributed by atoms with van der Waals surface area (Å²) >= 11 is 14.2. The highest BCUT2D eigenvalue weighted by molar-refractivity contribution is 14.1. The molecule has 0 saturated heterocycles. The average Bonchev–Trinajstić information content (AvgIpc) is 2.41. The molecule has 1 heterocycles. The molecule has 1 aromatic heterocycles. The summed E-state index contributed by atoms with van der Waals surface area (Å²) in [5.41, 5.74) is 1.86. The molecule has 21 heavy (non-hydrogen) atoms. The second kappa shape index (κ2) is 7.42. The smallest absolute Gasteiger partial charge is 0.255 e. The van der Waals surface area contributed by atoms with Crippen LogP contribution in [0.25, 0.3) is 0 Å². The Morgan fingerprint density at radius 2 is 2.05 bits per heavy atom. The lowest BCUT2D eigenvalue weighted by atomic mass is 10.1. The van der Waals surface area contributed by atoms with Crippen LogP contribution in [0.4, 0.5) is 5.69 Å². The Kier molecular flexibility index (Phi) is 5.84. The van der Waals surface area contributed by atoms with Crippen molar-refractivity contribution in [2.75, 3.05) is 5.32 Å². The molecule has 1 aromatic carbocycles. The summed E-state index contributed by atoms with van der Waals surface area (Å²) in [6.45, 7) is 2.05. The number of anilines is 1. The SMILES string of the molecule is CCCc1cc(C(=O)Nc2ccc(I)cc2Cl)cc(Cl)n1. The number of carbonyl (C=O) groups excluding carboxylic acids is 1. The first-order chi connectivity index (χ1) is 9.99. The molecular weight excluding hydrogens is 422 g/mol. The lowest BCUT2D eigenvalue weighted by molar-refractivity contribution is 0.102. The van der Waals surface area contributed by atoms with Crippen LogP contribution in [0.15, 0.2) is 30.3 Å². The van der Waals surface area contributed by atoms with E-state index in [-0.39, 0.29) is 5.91 Å². The van der Waals surface area contributed by atoms with Crippen LogP contribution in [0.2, 0.25) is 10.2 Å². The summed E-state index contributed by atoms with van der Waals surface area (Å²) in [6.07, 6.45) is 1.72. The van der Waals surface area contributed by atoms with Crippen molar-refractivity contribution in [2.24, 2.45) is 0 Å². The van der Waals surface area contributed by atoms with Gasteiger partial charge in [0.2, 0.25) is 0 Å². The lowest BCUT2D eigenvalue weighted by Crippen LogP contribution is -2.13. The third-order valence-electron chi connectivity index (χ3n) is 2.79. The number of hydrogen-bond acceptors (Lipinski definition) is 2. The maximum Gasteiger partial charge on any atom is 0.255 e. The summed E-state index contributed by atoms with van der Waals surface area (Å²) in [6, 6.07) is 8.75. The normalized spacial score (nSPS) is 10.5. The molecule has 1 N–H and O–H groups in total. The number of benzene rings is 1. The fourth-order valence-electron chi connectivity index (χ4n) is 1.85. The van der Waals surface area contributed by atoms with Crippen molar-refractivity contribution in [3.8, 4) is 0 Å². The molecule has 110 valence electrons. The first kappa shape index (κ1) is 16.5. The third kappa shape index (κ3) is 4.56. The van der Waals surface area contributed by atoms with Gasteiger partial charge in [-0.05, 0) is 59.3 Å². The topological polar surface area (TPSA) is 42.0 Å². The minimum atomic E-state index is -0.250. The highest BCUT2D eigenvalue weighted by Crippen LogP contribution is 2.24. The Hall–Kier alpha value is -0.850. The van der Waals surface area contributed by atoms with Gasteiger partial charge in [0.25, 0.3) is 5.91 Å². The number of halogens is 3. The second-order valence-corrected chi connectivity index (χ2v) is 6.54. The Labute approximate surface area is 147 Å². The van der Waals surface area contributed by atoms with E-state index in [4.69, 9.17) is 23.2 Å². The maximum absolute atomic E-state index is 12.3. The van der Waals surface area contributed by atoms with Gasteiger partial charge < -0.3 is 5.32 Å². The minimum absolute atomic E-state index is 0.250. The van der Waals surface area contributed by atoms with E-state index in [2.05, 4.69) is 32.9 Å². The highest BCUT2D eigenvalue weighted by atomic mass is 127. The maximum atomic E-state index is 12.3. The lowest BCUT2D eigenvalue weighted by Gasteiger charge is -2.09. The van der Waals surface area contributed by atoms with Gasteiger partial charge in [0.1, 0.15) is 5.15 Å². The Morgan fingerprint density at radius 3 is 2.71 bits per heavy atom. The first-order valence-corrected chi connectivity index (χ1v) is 8.26. The van der Waals surface area contributed by atoms with Crippen molar-refractivity contribution < 1.29 is 4.79 Å². The van der Waals surface area contributed by atoms with Crippen molar-refractivity contribution in [3.05, 3.63) is 55.3 Å². The van der Waals surface area contributed by atoms with Crippen LogP contribution in [-0.4, -0.2) is 10.9 Å². The molecule has 6 heteroatoms. The van der Waals surface area contributed by atoms with Crippen molar-refractivity contribution in [2.45, 2.75) is 19.8 Å². The molecule has 3 nitrogen and oxygen atoms in total. The van der Waals surface area contributed by atoms with E-state index in [0.717, 1.165) is 22.1 Å². The number of aryl methyl sites for hydroxylation is 1. The van der Waals surface area contributed by atoms with Crippen LogP contribution < -0.4 is 5.32 Å². The van der Waals surface area contributed by atoms with Gasteiger partial charge in [0.05, 0.1) is 10.7 Å². The quantitative estimate of drug-likeness (QED) is 0.530. The van der Waals surface area contributed by atoms with E-state index >= 15 is 0 Å². The molecule has 0 unspecified atom stereocenters. The van der Waals surface area contributed by atoms with Gasteiger partial charge in [-0.2, -0.15) is 0 Å². The van der Waals surface area contributed by atoms with Crippen molar-refractivity contribution >= 4 is 57.4 Å². The zero-order chi connectivity index (χ0) is 15.4. The van der Waals surface area contributed by atoms with Crippen LogP contribution in [0.1, 0.15) is 29.4 Å².